The number of hydrogen-bond acceptors (Lipinski definition) is 3. The van der Waals surface area contributed by atoms with Gasteiger partial charge in [0.15, 0.2) is 5.78 Å². The molecule has 0 bridgehead atoms. The number of carbonyl (C=O) groups excluding carboxylic acids is 1. The van der Waals surface area contributed by atoms with Crippen molar-refractivity contribution < 1.29 is 15.0 Å². The maximum absolute atomic E-state index is 11.8. The number of aliphatic hydroxyl groups is 2. The van der Waals surface area contributed by atoms with Gasteiger partial charge in [-0.1, -0.05) is 19.4 Å². The largest absolute Gasteiger partial charge is 0.393 e. The van der Waals surface area contributed by atoms with Gasteiger partial charge < -0.3 is 10.2 Å². The van der Waals surface area contributed by atoms with E-state index < -0.39 is 0 Å². The molecule has 122 valence electrons. The van der Waals surface area contributed by atoms with Crippen LogP contribution in [0.15, 0.2) is 11.6 Å². The molecule has 0 aromatic heterocycles. The molecule has 0 heterocycles. The van der Waals surface area contributed by atoms with E-state index in [9.17, 15) is 15.0 Å². The standard InChI is InChI=1S/C19H28O3/c1-18-7-5-12(20)9-11(18)3-4-13-14(18)10-16(22)19(2)8-6-15(21)17(13)19/h9,13-17,21-22H,3-8,10H2,1-2H3/t13-,14+,15-,16+,17-,18-,19-/m0/s1. The molecule has 0 aliphatic heterocycles. The highest BCUT2D eigenvalue weighted by molar-refractivity contribution is 5.91. The molecule has 4 aliphatic carbocycles. The van der Waals surface area contributed by atoms with Crippen molar-refractivity contribution in [3.63, 3.8) is 0 Å². The first kappa shape index (κ1) is 14.9. The molecule has 0 aromatic rings. The van der Waals surface area contributed by atoms with Crippen LogP contribution in [0.25, 0.3) is 0 Å². The molecule has 3 saturated carbocycles. The maximum Gasteiger partial charge on any atom is 0.155 e. The van der Waals surface area contributed by atoms with Crippen molar-refractivity contribution in [1.82, 2.24) is 0 Å². The summed E-state index contributed by atoms with van der Waals surface area (Å²) in [6.45, 7) is 4.49. The van der Waals surface area contributed by atoms with E-state index in [4.69, 9.17) is 0 Å². The summed E-state index contributed by atoms with van der Waals surface area (Å²) in [5.74, 6) is 1.42. The maximum atomic E-state index is 11.8. The molecule has 0 unspecified atom stereocenters. The Balaban J connectivity index is 1.74. The first-order valence-corrected chi connectivity index (χ1v) is 8.96. The second-order valence-corrected chi connectivity index (χ2v) is 8.75. The van der Waals surface area contributed by atoms with Crippen LogP contribution in [-0.2, 0) is 4.79 Å². The summed E-state index contributed by atoms with van der Waals surface area (Å²) in [5, 5.41) is 21.4. The van der Waals surface area contributed by atoms with Crippen molar-refractivity contribution in [2.75, 3.05) is 0 Å². The van der Waals surface area contributed by atoms with Crippen LogP contribution < -0.4 is 0 Å². The average molecular weight is 304 g/mol. The van der Waals surface area contributed by atoms with Crippen LogP contribution in [-0.4, -0.2) is 28.2 Å². The molecule has 0 spiro atoms. The predicted molar refractivity (Wildman–Crippen MR) is 84.1 cm³/mol. The average Bonchev–Trinajstić information content (AvgIpc) is 2.79. The number of hydrogen-bond donors (Lipinski definition) is 2. The Morgan fingerprint density at radius 2 is 1.91 bits per heavy atom. The van der Waals surface area contributed by atoms with Crippen LogP contribution in [0, 0.1) is 28.6 Å². The normalized spacial score (nSPS) is 54.3. The van der Waals surface area contributed by atoms with Crippen molar-refractivity contribution in [2.24, 2.45) is 28.6 Å². The summed E-state index contributed by atoms with van der Waals surface area (Å²) in [7, 11) is 0. The second-order valence-electron chi connectivity index (χ2n) is 8.75. The summed E-state index contributed by atoms with van der Waals surface area (Å²) in [4.78, 5) is 11.8. The Bertz CT molecular complexity index is 539. The van der Waals surface area contributed by atoms with Crippen LogP contribution in [0.5, 0.6) is 0 Å². The van der Waals surface area contributed by atoms with Gasteiger partial charge in [0.05, 0.1) is 12.2 Å². The van der Waals surface area contributed by atoms with Gasteiger partial charge in [-0.25, -0.2) is 0 Å². The molecule has 7 atom stereocenters. The number of allylic oxidation sites excluding steroid dienone is 1. The first-order chi connectivity index (χ1) is 10.4. The van der Waals surface area contributed by atoms with Gasteiger partial charge >= 0.3 is 0 Å². The Labute approximate surface area is 132 Å². The van der Waals surface area contributed by atoms with Crippen LogP contribution in [0.2, 0.25) is 0 Å². The van der Waals surface area contributed by atoms with Crippen LogP contribution in [0.3, 0.4) is 0 Å². The molecule has 3 heteroatoms. The minimum absolute atomic E-state index is 0.0570. The van der Waals surface area contributed by atoms with E-state index in [0.717, 1.165) is 38.5 Å². The Morgan fingerprint density at radius 3 is 2.68 bits per heavy atom. The van der Waals surface area contributed by atoms with Crippen molar-refractivity contribution >= 4 is 5.78 Å². The first-order valence-electron chi connectivity index (χ1n) is 8.96. The molecule has 3 nitrogen and oxygen atoms in total. The monoisotopic (exact) mass is 304 g/mol. The molecule has 2 N–H and O–H groups in total. The summed E-state index contributed by atoms with van der Waals surface area (Å²) in [6.07, 6.45) is 7.58. The van der Waals surface area contributed by atoms with Gasteiger partial charge in [-0.3, -0.25) is 4.79 Å². The minimum atomic E-state index is -0.315. The number of carbonyl (C=O) groups is 1. The molecule has 0 saturated heterocycles. The second kappa shape index (κ2) is 4.67. The van der Waals surface area contributed by atoms with E-state index >= 15 is 0 Å². The van der Waals surface area contributed by atoms with Crippen molar-refractivity contribution in [3.05, 3.63) is 11.6 Å². The van der Waals surface area contributed by atoms with Gasteiger partial charge in [-0.2, -0.15) is 0 Å². The molecule has 4 aliphatic rings. The fourth-order valence-electron chi connectivity index (χ4n) is 6.53. The van der Waals surface area contributed by atoms with Gasteiger partial charge in [-0.05, 0) is 73.2 Å². The van der Waals surface area contributed by atoms with Crippen LogP contribution >= 0.6 is 0 Å². The van der Waals surface area contributed by atoms with E-state index in [2.05, 4.69) is 13.8 Å². The zero-order chi connectivity index (χ0) is 15.7. The van der Waals surface area contributed by atoms with E-state index in [1.165, 1.54) is 5.57 Å². The number of rotatable bonds is 0. The lowest BCUT2D eigenvalue weighted by molar-refractivity contribution is -0.139. The van der Waals surface area contributed by atoms with Gasteiger partial charge in [-0.15, -0.1) is 0 Å². The van der Waals surface area contributed by atoms with E-state index in [1.54, 1.807) is 0 Å². The molecule has 0 radical (unpaired) electrons. The summed E-state index contributed by atoms with van der Waals surface area (Å²) in [5.41, 5.74) is 1.26. The zero-order valence-electron chi connectivity index (χ0n) is 13.7. The minimum Gasteiger partial charge on any atom is -0.393 e. The van der Waals surface area contributed by atoms with E-state index in [0.29, 0.717) is 18.3 Å². The van der Waals surface area contributed by atoms with Gasteiger partial charge in [0.25, 0.3) is 0 Å². The van der Waals surface area contributed by atoms with Gasteiger partial charge in [0, 0.05) is 6.42 Å². The SMILES string of the molecule is C[C@@]12CC[C@H](O)[C@@H]1[C@H]1CCC3=CC(=O)CC[C@]3(C)[C@@H]1C[C@H]2O. The fraction of sp³-hybridized carbons (Fsp3) is 0.842. The molecule has 3 fully saturated rings. The summed E-state index contributed by atoms with van der Waals surface area (Å²) in [6, 6.07) is 0. The molecule has 4 rings (SSSR count). The lowest BCUT2D eigenvalue weighted by Gasteiger charge is -2.59. The van der Waals surface area contributed by atoms with E-state index in [1.807, 2.05) is 6.08 Å². The smallest absolute Gasteiger partial charge is 0.155 e. The van der Waals surface area contributed by atoms with Gasteiger partial charge in [0.1, 0.15) is 0 Å². The summed E-state index contributed by atoms with van der Waals surface area (Å²) >= 11 is 0. The predicted octanol–water partition coefficient (Wildman–Crippen LogP) is 2.85. The topological polar surface area (TPSA) is 57.5 Å². The Hall–Kier alpha value is -0.670. The Kier molecular flexibility index (Phi) is 3.16. The zero-order valence-corrected chi connectivity index (χ0v) is 13.7. The third kappa shape index (κ3) is 1.78. The lowest BCUT2D eigenvalue weighted by Crippen LogP contribution is -2.56. The van der Waals surface area contributed by atoms with Gasteiger partial charge in [0.2, 0.25) is 0 Å². The van der Waals surface area contributed by atoms with Crippen LogP contribution in [0.4, 0.5) is 0 Å². The van der Waals surface area contributed by atoms with E-state index in [-0.39, 0.29) is 34.7 Å². The number of fused-ring (bicyclic) bond motifs is 5. The molecule has 0 amide bonds. The van der Waals surface area contributed by atoms with Crippen LogP contribution in [0.1, 0.15) is 58.8 Å². The van der Waals surface area contributed by atoms with Crippen molar-refractivity contribution in [1.29, 1.82) is 0 Å². The molecule has 22 heavy (non-hydrogen) atoms. The number of aliphatic hydroxyl groups excluding tert-OH is 2. The molecular weight excluding hydrogens is 276 g/mol. The quantitative estimate of drug-likeness (QED) is 0.723. The fourth-order valence-corrected chi connectivity index (χ4v) is 6.53. The highest BCUT2D eigenvalue weighted by Crippen LogP contribution is 2.65. The lowest BCUT2D eigenvalue weighted by atomic mass is 9.46. The Morgan fingerprint density at radius 1 is 1.14 bits per heavy atom. The third-order valence-corrected chi connectivity index (χ3v) is 7.90. The molecular formula is C19H28O3. The van der Waals surface area contributed by atoms with Crippen molar-refractivity contribution in [3.8, 4) is 0 Å². The third-order valence-electron chi connectivity index (χ3n) is 7.90. The van der Waals surface area contributed by atoms with Crippen molar-refractivity contribution in [2.45, 2.75) is 71.0 Å². The number of ketones is 1. The highest BCUT2D eigenvalue weighted by atomic mass is 16.3. The summed E-state index contributed by atoms with van der Waals surface area (Å²) < 4.78 is 0. The molecule has 0 aromatic carbocycles. The highest BCUT2D eigenvalue weighted by Gasteiger charge is 2.61.